The summed E-state index contributed by atoms with van der Waals surface area (Å²) in [6, 6.07) is 16.8. The van der Waals surface area contributed by atoms with Gasteiger partial charge in [-0.1, -0.05) is 42.5 Å². The SMILES string of the molecule is CCOC(=O)C=CC(=O)NC(=S)N(C)c1ccccc1C(=O)NCCc1ccccc1. The molecule has 0 aliphatic rings. The standard InChI is InChI=1S/C23H25N3O4S/c1-3-30-21(28)14-13-20(27)25-23(31)26(2)19-12-8-7-11-18(19)22(29)24-16-15-17-9-5-4-6-10-17/h4-14H,3,15-16H2,1-2H3,(H,24,29)(H,25,27,31). The van der Waals surface area contributed by atoms with Crippen molar-refractivity contribution >= 4 is 40.8 Å². The molecule has 0 unspecified atom stereocenters. The Labute approximate surface area is 187 Å². The highest BCUT2D eigenvalue weighted by atomic mass is 32.1. The van der Waals surface area contributed by atoms with Gasteiger partial charge in [0.15, 0.2) is 5.11 Å². The van der Waals surface area contributed by atoms with E-state index < -0.39 is 11.9 Å². The summed E-state index contributed by atoms with van der Waals surface area (Å²) in [4.78, 5) is 37.5. The second-order valence-electron chi connectivity index (χ2n) is 6.45. The molecule has 2 aromatic rings. The molecule has 0 radical (unpaired) electrons. The van der Waals surface area contributed by atoms with E-state index in [1.54, 1.807) is 38.2 Å². The van der Waals surface area contributed by atoms with Crippen molar-refractivity contribution in [2.45, 2.75) is 13.3 Å². The lowest BCUT2D eigenvalue weighted by Gasteiger charge is -2.22. The summed E-state index contributed by atoms with van der Waals surface area (Å²) >= 11 is 5.28. The normalized spacial score (nSPS) is 10.4. The molecule has 0 aliphatic carbocycles. The maximum atomic E-state index is 12.7. The van der Waals surface area contributed by atoms with E-state index in [1.165, 1.54) is 4.90 Å². The van der Waals surface area contributed by atoms with Gasteiger partial charge in [0.05, 0.1) is 17.9 Å². The van der Waals surface area contributed by atoms with Crippen LogP contribution >= 0.6 is 12.2 Å². The smallest absolute Gasteiger partial charge is 0.330 e. The van der Waals surface area contributed by atoms with Crippen molar-refractivity contribution in [3.05, 3.63) is 77.9 Å². The third-order valence-electron chi connectivity index (χ3n) is 4.24. The maximum Gasteiger partial charge on any atom is 0.330 e. The predicted octanol–water partition coefficient (Wildman–Crippen LogP) is 2.62. The Kier molecular flexibility index (Phi) is 9.38. The summed E-state index contributed by atoms with van der Waals surface area (Å²) in [5, 5.41) is 5.49. The first kappa shape index (κ1) is 23.8. The van der Waals surface area contributed by atoms with Crippen molar-refractivity contribution in [1.82, 2.24) is 10.6 Å². The highest BCUT2D eigenvalue weighted by Crippen LogP contribution is 2.19. The van der Waals surface area contributed by atoms with Crippen LogP contribution < -0.4 is 15.5 Å². The molecule has 7 nitrogen and oxygen atoms in total. The Hall–Kier alpha value is -3.52. The Morgan fingerprint density at radius 2 is 1.71 bits per heavy atom. The number of nitrogens with one attached hydrogen (secondary N) is 2. The lowest BCUT2D eigenvalue weighted by Crippen LogP contribution is -2.41. The van der Waals surface area contributed by atoms with Crippen LogP contribution in [0.4, 0.5) is 5.69 Å². The van der Waals surface area contributed by atoms with Crippen LogP contribution in [0.1, 0.15) is 22.8 Å². The molecule has 0 fully saturated rings. The third-order valence-corrected chi connectivity index (χ3v) is 4.62. The van der Waals surface area contributed by atoms with E-state index in [9.17, 15) is 14.4 Å². The number of nitrogens with zero attached hydrogens (tertiary/aromatic N) is 1. The van der Waals surface area contributed by atoms with E-state index in [0.717, 1.165) is 17.7 Å². The molecule has 0 spiro atoms. The highest BCUT2D eigenvalue weighted by Gasteiger charge is 2.17. The molecule has 0 heterocycles. The molecular formula is C23H25N3O4S. The third kappa shape index (κ3) is 7.67. The lowest BCUT2D eigenvalue weighted by molar-refractivity contribution is -0.137. The van der Waals surface area contributed by atoms with Gasteiger partial charge in [-0.05, 0) is 43.3 Å². The summed E-state index contributed by atoms with van der Waals surface area (Å²) in [5.41, 5.74) is 2.10. The van der Waals surface area contributed by atoms with Crippen molar-refractivity contribution < 1.29 is 19.1 Å². The summed E-state index contributed by atoms with van der Waals surface area (Å²) in [5.74, 6) is -1.43. The molecule has 2 rings (SSSR count). The van der Waals surface area contributed by atoms with E-state index in [-0.39, 0.29) is 17.6 Å². The average Bonchev–Trinajstić information content (AvgIpc) is 2.78. The van der Waals surface area contributed by atoms with Crippen molar-refractivity contribution in [2.75, 3.05) is 25.1 Å². The highest BCUT2D eigenvalue weighted by molar-refractivity contribution is 7.80. The molecule has 0 saturated carbocycles. The molecule has 2 N–H and O–H groups in total. The molecule has 0 aliphatic heterocycles. The van der Waals surface area contributed by atoms with Crippen LogP contribution in [-0.2, 0) is 20.7 Å². The Morgan fingerprint density at radius 3 is 2.42 bits per heavy atom. The number of hydrogen-bond acceptors (Lipinski definition) is 5. The van der Waals surface area contributed by atoms with Crippen LogP contribution in [0, 0.1) is 0 Å². The number of hydrogen-bond donors (Lipinski definition) is 2. The number of rotatable bonds is 8. The fourth-order valence-electron chi connectivity index (χ4n) is 2.69. The number of amides is 2. The predicted molar refractivity (Wildman–Crippen MR) is 124 cm³/mol. The minimum absolute atomic E-state index is 0.0862. The quantitative estimate of drug-likeness (QED) is 0.374. The van der Waals surface area contributed by atoms with E-state index in [1.807, 2.05) is 30.3 Å². The fourth-order valence-corrected chi connectivity index (χ4v) is 2.89. The Morgan fingerprint density at radius 1 is 1.03 bits per heavy atom. The number of benzene rings is 2. The zero-order valence-corrected chi connectivity index (χ0v) is 18.3. The molecule has 0 atom stereocenters. The van der Waals surface area contributed by atoms with E-state index in [0.29, 0.717) is 24.2 Å². The summed E-state index contributed by atoms with van der Waals surface area (Å²) < 4.78 is 4.72. The monoisotopic (exact) mass is 439 g/mol. The number of ether oxygens (including phenoxy) is 1. The van der Waals surface area contributed by atoms with Gasteiger partial charge in [-0.25, -0.2) is 4.79 Å². The molecule has 31 heavy (non-hydrogen) atoms. The topological polar surface area (TPSA) is 87.7 Å². The van der Waals surface area contributed by atoms with Crippen LogP contribution in [-0.4, -0.2) is 43.1 Å². The van der Waals surface area contributed by atoms with Gasteiger partial charge in [-0.3, -0.25) is 14.9 Å². The van der Waals surface area contributed by atoms with E-state index >= 15 is 0 Å². The van der Waals surface area contributed by atoms with Crippen LogP contribution in [0.25, 0.3) is 0 Å². The van der Waals surface area contributed by atoms with Crippen LogP contribution in [0.2, 0.25) is 0 Å². The van der Waals surface area contributed by atoms with Gasteiger partial charge in [0.25, 0.3) is 5.91 Å². The van der Waals surface area contributed by atoms with Gasteiger partial charge in [-0.2, -0.15) is 0 Å². The zero-order valence-electron chi connectivity index (χ0n) is 17.5. The maximum absolute atomic E-state index is 12.7. The number of esters is 1. The van der Waals surface area contributed by atoms with Crippen LogP contribution in [0.5, 0.6) is 0 Å². The second-order valence-corrected chi connectivity index (χ2v) is 6.83. The number of carbonyl (C=O) groups is 3. The first-order valence-electron chi connectivity index (χ1n) is 9.77. The molecule has 0 bridgehead atoms. The molecule has 2 aromatic carbocycles. The van der Waals surface area contributed by atoms with Crippen molar-refractivity contribution in [2.24, 2.45) is 0 Å². The van der Waals surface area contributed by atoms with Crippen molar-refractivity contribution in [3.63, 3.8) is 0 Å². The second kappa shape index (κ2) is 12.2. The van der Waals surface area contributed by atoms with E-state index in [2.05, 4.69) is 10.6 Å². The zero-order chi connectivity index (χ0) is 22.6. The summed E-state index contributed by atoms with van der Waals surface area (Å²) in [6.45, 7) is 2.38. The van der Waals surface area contributed by atoms with Crippen LogP contribution in [0.15, 0.2) is 66.7 Å². The largest absolute Gasteiger partial charge is 0.463 e. The molecule has 8 heteroatoms. The van der Waals surface area contributed by atoms with Crippen molar-refractivity contribution in [1.29, 1.82) is 0 Å². The van der Waals surface area contributed by atoms with Gasteiger partial charge in [-0.15, -0.1) is 0 Å². The number of anilines is 1. The van der Waals surface area contributed by atoms with Crippen LogP contribution in [0.3, 0.4) is 0 Å². The fraction of sp³-hybridized carbons (Fsp3) is 0.217. The van der Waals surface area contributed by atoms with Gasteiger partial charge >= 0.3 is 5.97 Å². The minimum Gasteiger partial charge on any atom is -0.463 e. The Balaban J connectivity index is 1.99. The summed E-state index contributed by atoms with van der Waals surface area (Å²) in [6.07, 6.45) is 2.78. The first-order valence-corrected chi connectivity index (χ1v) is 10.2. The number of para-hydroxylation sites is 1. The molecule has 162 valence electrons. The number of carbonyl (C=O) groups excluding carboxylic acids is 3. The number of thiocarbonyl (C=S) groups is 1. The molecule has 0 saturated heterocycles. The lowest BCUT2D eigenvalue weighted by atomic mass is 10.1. The van der Waals surface area contributed by atoms with Gasteiger partial charge in [0.2, 0.25) is 5.91 Å². The first-order chi connectivity index (χ1) is 14.9. The molecule has 2 amide bonds. The summed E-state index contributed by atoms with van der Waals surface area (Å²) in [7, 11) is 1.65. The van der Waals surface area contributed by atoms with Gasteiger partial charge in [0, 0.05) is 25.7 Å². The average molecular weight is 440 g/mol. The molecular weight excluding hydrogens is 414 g/mol. The minimum atomic E-state index is -0.616. The van der Waals surface area contributed by atoms with Gasteiger partial charge < -0.3 is 15.0 Å². The van der Waals surface area contributed by atoms with Crippen molar-refractivity contribution in [3.8, 4) is 0 Å². The van der Waals surface area contributed by atoms with E-state index in [4.69, 9.17) is 17.0 Å². The molecule has 0 aromatic heterocycles. The Bertz CT molecular complexity index is 960. The van der Waals surface area contributed by atoms with Gasteiger partial charge in [0.1, 0.15) is 0 Å².